The molecule has 0 rings (SSSR count). The number of hydrogen-bond donors (Lipinski definition) is 0. The lowest BCUT2D eigenvalue weighted by atomic mass is 10.4. The minimum Gasteiger partial charge on any atom is -0.322 e. The summed E-state index contributed by atoms with van der Waals surface area (Å²) in [6.45, 7) is 8.02. The molecule has 0 spiro atoms. The third-order valence-corrected chi connectivity index (χ3v) is 1.91. The van der Waals surface area contributed by atoms with Gasteiger partial charge >= 0.3 is 0 Å². The van der Waals surface area contributed by atoms with Gasteiger partial charge in [-0.05, 0) is 55.9 Å². The van der Waals surface area contributed by atoms with Gasteiger partial charge in [0.15, 0.2) is 0 Å². The molecule has 0 aliphatic rings. The van der Waals surface area contributed by atoms with Crippen LogP contribution in [-0.2, 0) is 9.47 Å². The Balaban J connectivity index is 4.90. The van der Waals surface area contributed by atoms with E-state index in [1.165, 1.54) is 0 Å². The van der Waals surface area contributed by atoms with Crippen LogP contribution in [0.15, 0.2) is 0 Å². The molecule has 0 saturated heterocycles. The van der Waals surface area contributed by atoms with Crippen molar-refractivity contribution in [2.24, 2.45) is 0 Å². The highest BCUT2D eigenvalue weighted by atomic mass is 16.8. The van der Waals surface area contributed by atoms with Gasteiger partial charge in [0.2, 0.25) is 0 Å². The maximum atomic E-state index is 5.90. The Hall–Kier alpha value is -0.160. The highest BCUT2D eigenvalue weighted by molar-refractivity contribution is 4.66. The fraction of sp³-hybridized carbons (Fsp3) is 1.00. The van der Waals surface area contributed by atoms with Gasteiger partial charge in [0, 0.05) is 0 Å². The van der Waals surface area contributed by atoms with Crippen molar-refractivity contribution < 1.29 is 9.47 Å². The molecule has 0 aliphatic heterocycles. The van der Waals surface area contributed by atoms with E-state index in [9.17, 15) is 0 Å². The summed E-state index contributed by atoms with van der Waals surface area (Å²) in [5.74, 6) is 0. The van der Waals surface area contributed by atoms with Crippen LogP contribution in [-0.4, -0.2) is 56.2 Å². The number of hydrogen-bond acceptors (Lipinski definition) is 4. The SMILES string of the molecule is CC(C)OC(OC(C)C)(N(C)C)N(C)C. The lowest BCUT2D eigenvalue weighted by Gasteiger charge is -2.45. The van der Waals surface area contributed by atoms with Gasteiger partial charge in [0.05, 0.1) is 12.2 Å². The van der Waals surface area contributed by atoms with Crippen molar-refractivity contribution in [2.75, 3.05) is 28.2 Å². The molecule has 0 aliphatic carbocycles. The third kappa shape index (κ3) is 4.07. The lowest BCUT2D eigenvalue weighted by Crippen LogP contribution is -2.61. The molecule has 0 aromatic heterocycles. The summed E-state index contributed by atoms with van der Waals surface area (Å²) < 4.78 is 11.8. The molecule has 0 aromatic rings. The Kier molecular flexibility index (Phi) is 5.73. The highest BCUT2D eigenvalue weighted by Crippen LogP contribution is 2.22. The van der Waals surface area contributed by atoms with E-state index in [0.717, 1.165) is 0 Å². The third-order valence-electron chi connectivity index (χ3n) is 1.91. The first-order valence-corrected chi connectivity index (χ1v) is 5.43. The van der Waals surface area contributed by atoms with Gasteiger partial charge < -0.3 is 9.47 Å². The van der Waals surface area contributed by atoms with Crippen molar-refractivity contribution in [1.29, 1.82) is 0 Å². The second-order valence-corrected chi connectivity index (χ2v) is 4.67. The molecule has 0 unspecified atom stereocenters. The molecule has 92 valence electrons. The Morgan fingerprint density at radius 2 is 1.00 bits per heavy atom. The van der Waals surface area contributed by atoms with Crippen LogP contribution < -0.4 is 0 Å². The molecule has 0 radical (unpaired) electrons. The first-order valence-electron chi connectivity index (χ1n) is 5.43. The highest BCUT2D eigenvalue weighted by Gasteiger charge is 2.39. The first kappa shape index (κ1) is 14.8. The maximum Gasteiger partial charge on any atom is 0.296 e. The number of ether oxygens (including phenoxy) is 2. The van der Waals surface area contributed by atoms with Crippen LogP contribution in [0.1, 0.15) is 27.7 Å². The van der Waals surface area contributed by atoms with E-state index in [2.05, 4.69) is 0 Å². The van der Waals surface area contributed by atoms with Crippen molar-refractivity contribution in [1.82, 2.24) is 9.80 Å². The van der Waals surface area contributed by atoms with Crippen molar-refractivity contribution in [3.05, 3.63) is 0 Å². The molecular weight excluding hydrogens is 192 g/mol. The molecule has 0 N–H and O–H groups in total. The van der Waals surface area contributed by atoms with Gasteiger partial charge in [-0.1, -0.05) is 0 Å². The second-order valence-electron chi connectivity index (χ2n) is 4.67. The summed E-state index contributed by atoms with van der Waals surface area (Å²) in [6.07, 6.45) is 0.210. The normalized spacial score (nSPS) is 13.6. The summed E-state index contributed by atoms with van der Waals surface area (Å²) in [5, 5.41) is 0. The average Bonchev–Trinajstić information content (AvgIpc) is 1.99. The summed E-state index contributed by atoms with van der Waals surface area (Å²) in [5.41, 5.74) is 0. The largest absolute Gasteiger partial charge is 0.322 e. The van der Waals surface area contributed by atoms with Crippen LogP contribution in [0.4, 0.5) is 0 Å². The van der Waals surface area contributed by atoms with Crippen LogP contribution in [0.2, 0.25) is 0 Å². The van der Waals surface area contributed by atoms with E-state index in [4.69, 9.17) is 9.47 Å². The van der Waals surface area contributed by atoms with Crippen LogP contribution in [0.3, 0.4) is 0 Å². The van der Waals surface area contributed by atoms with Crippen LogP contribution in [0, 0.1) is 0 Å². The van der Waals surface area contributed by atoms with Crippen LogP contribution >= 0.6 is 0 Å². The standard InChI is InChI=1S/C11H26N2O2/c1-9(2)14-11(12(5)6,13(7)8)15-10(3)4/h9-10H,1-8H3. The van der Waals surface area contributed by atoms with Crippen LogP contribution in [0.5, 0.6) is 0 Å². The predicted octanol–water partition coefficient (Wildman–Crippen LogP) is 1.57. The van der Waals surface area contributed by atoms with Crippen LogP contribution in [0.25, 0.3) is 0 Å². The fourth-order valence-corrected chi connectivity index (χ4v) is 1.46. The van der Waals surface area contributed by atoms with Crippen molar-refractivity contribution in [3.8, 4) is 0 Å². The summed E-state index contributed by atoms with van der Waals surface area (Å²) in [4.78, 5) is 3.88. The second kappa shape index (κ2) is 5.80. The molecule has 15 heavy (non-hydrogen) atoms. The van der Waals surface area contributed by atoms with Gasteiger partial charge in [0.25, 0.3) is 6.03 Å². The molecule has 0 aromatic carbocycles. The van der Waals surface area contributed by atoms with Gasteiger partial charge in [0.1, 0.15) is 0 Å². The monoisotopic (exact) mass is 218 g/mol. The molecule has 0 saturated carbocycles. The van der Waals surface area contributed by atoms with Gasteiger partial charge in [-0.2, -0.15) is 0 Å². The molecule has 0 fully saturated rings. The molecule has 0 bridgehead atoms. The average molecular weight is 218 g/mol. The van der Waals surface area contributed by atoms with Crippen molar-refractivity contribution in [3.63, 3.8) is 0 Å². The smallest absolute Gasteiger partial charge is 0.296 e. The van der Waals surface area contributed by atoms with E-state index < -0.39 is 6.03 Å². The Morgan fingerprint density at radius 1 is 0.733 bits per heavy atom. The molecule has 0 amide bonds. The topological polar surface area (TPSA) is 24.9 Å². The quantitative estimate of drug-likeness (QED) is 0.632. The van der Waals surface area contributed by atoms with Gasteiger partial charge in [-0.3, -0.25) is 0 Å². The van der Waals surface area contributed by atoms with Crippen molar-refractivity contribution in [2.45, 2.75) is 45.9 Å². The van der Waals surface area contributed by atoms with E-state index in [0.29, 0.717) is 0 Å². The molecule has 0 heterocycles. The minimum atomic E-state index is -0.789. The van der Waals surface area contributed by atoms with E-state index in [-0.39, 0.29) is 12.2 Å². The summed E-state index contributed by atoms with van der Waals surface area (Å²) in [6, 6.07) is -0.789. The zero-order valence-electron chi connectivity index (χ0n) is 11.4. The first-order chi connectivity index (χ1) is 6.72. The number of nitrogens with zero attached hydrogens (tertiary/aromatic N) is 2. The maximum absolute atomic E-state index is 5.90. The minimum absolute atomic E-state index is 0.105. The van der Waals surface area contributed by atoms with E-state index in [1.807, 2.05) is 65.7 Å². The van der Waals surface area contributed by atoms with Crippen molar-refractivity contribution >= 4 is 0 Å². The predicted molar refractivity (Wildman–Crippen MR) is 62.5 cm³/mol. The van der Waals surface area contributed by atoms with E-state index in [1.54, 1.807) is 0 Å². The van der Waals surface area contributed by atoms with Gasteiger partial charge in [-0.15, -0.1) is 0 Å². The zero-order chi connectivity index (χ0) is 12.2. The van der Waals surface area contributed by atoms with E-state index >= 15 is 0 Å². The molecule has 4 heteroatoms. The molecule has 0 atom stereocenters. The summed E-state index contributed by atoms with van der Waals surface area (Å²) >= 11 is 0. The molecule has 4 nitrogen and oxygen atoms in total. The Bertz CT molecular complexity index is 159. The van der Waals surface area contributed by atoms with Gasteiger partial charge in [-0.25, -0.2) is 9.80 Å². The number of rotatable bonds is 6. The zero-order valence-corrected chi connectivity index (χ0v) is 11.4. The molecular formula is C11H26N2O2. The summed E-state index contributed by atoms with van der Waals surface area (Å²) in [7, 11) is 7.80. The Labute approximate surface area is 94.1 Å². The fourth-order valence-electron chi connectivity index (χ4n) is 1.46. The Morgan fingerprint density at radius 3 is 1.13 bits per heavy atom. The lowest BCUT2D eigenvalue weighted by molar-refractivity contribution is -0.392.